The normalized spacial score (nSPS) is 10.3. The standard InChI is InChI=1S/C9H9N3OS/c10-8-5-7(1-2-11-8)6-14-9-12-3-4-13-9/h1-5H,6H2,(H2,10,11). The van der Waals surface area contributed by atoms with Gasteiger partial charge in [-0.3, -0.25) is 0 Å². The summed E-state index contributed by atoms with van der Waals surface area (Å²) >= 11 is 1.53. The molecule has 5 heteroatoms. The van der Waals surface area contributed by atoms with Crippen molar-refractivity contribution in [1.82, 2.24) is 9.97 Å². The average molecular weight is 207 g/mol. The van der Waals surface area contributed by atoms with Crippen LogP contribution in [0.3, 0.4) is 0 Å². The highest BCUT2D eigenvalue weighted by Crippen LogP contribution is 2.20. The van der Waals surface area contributed by atoms with Crippen molar-refractivity contribution in [2.45, 2.75) is 11.0 Å². The fraction of sp³-hybridized carbons (Fsp3) is 0.111. The molecule has 2 rings (SSSR count). The molecule has 0 aliphatic rings. The lowest BCUT2D eigenvalue weighted by Gasteiger charge is -1.98. The van der Waals surface area contributed by atoms with Gasteiger partial charge in [0, 0.05) is 11.9 Å². The van der Waals surface area contributed by atoms with Crippen LogP contribution in [-0.2, 0) is 5.75 Å². The molecule has 0 unspecified atom stereocenters. The van der Waals surface area contributed by atoms with E-state index in [1.807, 2.05) is 12.1 Å². The summed E-state index contributed by atoms with van der Waals surface area (Å²) in [5.41, 5.74) is 6.66. The SMILES string of the molecule is Nc1cc(CSc2ncco2)ccn1. The second-order valence-electron chi connectivity index (χ2n) is 2.68. The minimum Gasteiger partial charge on any atom is -0.440 e. The molecular formula is C9H9N3OS. The van der Waals surface area contributed by atoms with E-state index in [2.05, 4.69) is 9.97 Å². The molecule has 0 bridgehead atoms. The zero-order valence-corrected chi connectivity index (χ0v) is 8.20. The summed E-state index contributed by atoms with van der Waals surface area (Å²) in [4.78, 5) is 7.92. The van der Waals surface area contributed by atoms with Crippen LogP contribution in [0.1, 0.15) is 5.56 Å². The van der Waals surface area contributed by atoms with Gasteiger partial charge in [0.2, 0.25) is 0 Å². The highest BCUT2D eigenvalue weighted by molar-refractivity contribution is 7.98. The lowest BCUT2D eigenvalue weighted by atomic mass is 10.3. The van der Waals surface area contributed by atoms with E-state index in [1.54, 1.807) is 18.7 Å². The van der Waals surface area contributed by atoms with Crippen molar-refractivity contribution in [3.63, 3.8) is 0 Å². The van der Waals surface area contributed by atoms with Crippen LogP contribution in [0.5, 0.6) is 0 Å². The van der Waals surface area contributed by atoms with Crippen molar-refractivity contribution in [2.24, 2.45) is 0 Å². The van der Waals surface area contributed by atoms with Crippen LogP contribution >= 0.6 is 11.8 Å². The molecule has 0 saturated carbocycles. The molecule has 0 aliphatic carbocycles. The van der Waals surface area contributed by atoms with Crippen molar-refractivity contribution in [2.75, 3.05) is 5.73 Å². The Morgan fingerprint density at radius 3 is 3.00 bits per heavy atom. The smallest absolute Gasteiger partial charge is 0.255 e. The van der Waals surface area contributed by atoms with E-state index in [0.29, 0.717) is 11.0 Å². The van der Waals surface area contributed by atoms with Crippen molar-refractivity contribution in [1.29, 1.82) is 0 Å². The maximum Gasteiger partial charge on any atom is 0.255 e. The molecule has 0 atom stereocenters. The van der Waals surface area contributed by atoms with Crippen LogP contribution in [0, 0.1) is 0 Å². The minimum atomic E-state index is 0.538. The van der Waals surface area contributed by atoms with Crippen molar-refractivity contribution < 1.29 is 4.42 Å². The summed E-state index contributed by atoms with van der Waals surface area (Å²) in [6.45, 7) is 0. The van der Waals surface area contributed by atoms with E-state index < -0.39 is 0 Å². The first-order valence-corrected chi connectivity index (χ1v) is 5.06. The van der Waals surface area contributed by atoms with Gasteiger partial charge in [0.25, 0.3) is 5.22 Å². The molecule has 2 N–H and O–H groups in total. The summed E-state index contributed by atoms with van der Waals surface area (Å²) in [5.74, 6) is 1.32. The van der Waals surface area contributed by atoms with Crippen molar-refractivity contribution >= 4 is 17.6 Å². The van der Waals surface area contributed by atoms with Gasteiger partial charge in [-0.15, -0.1) is 0 Å². The number of aromatic nitrogens is 2. The molecule has 0 saturated heterocycles. The number of oxazole rings is 1. The van der Waals surface area contributed by atoms with E-state index in [9.17, 15) is 0 Å². The van der Waals surface area contributed by atoms with Gasteiger partial charge in [-0.25, -0.2) is 9.97 Å². The van der Waals surface area contributed by atoms with Gasteiger partial charge in [-0.2, -0.15) is 0 Å². The summed E-state index contributed by atoms with van der Waals surface area (Å²) in [7, 11) is 0. The number of rotatable bonds is 3. The number of thioether (sulfide) groups is 1. The van der Waals surface area contributed by atoms with Crippen LogP contribution in [0.4, 0.5) is 5.82 Å². The largest absolute Gasteiger partial charge is 0.440 e. The van der Waals surface area contributed by atoms with Gasteiger partial charge in [-0.05, 0) is 17.7 Å². The highest BCUT2D eigenvalue weighted by atomic mass is 32.2. The third kappa shape index (κ3) is 2.26. The Morgan fingerprint density at radius 2 is 2.29 bits per heavy atom. The van der Waals surface area contributed by atoms with Crippen LogP contribution in [-0.4, -0.2) is 9.97 Å². The van der Waals surface area contributed by atoms with E-state index >= 15 is 0 Å². The molecule has 2 heterocycles. The van der Waals surface area contributed by atoms with Gasteiger partial charge in [0.05, 0.1) is 6.20 Å². The molecule has 0 aliphatic heterocycles. The molecule has 14 heavy (non-hydrogen) atoms. The monoisotopic (exact) mass is 207 g/mol. The predicted octanol–water partition coefficient (Wildman–Crippen LogP) is 1.94. The first-order chi connectivity index (χ1) is 6.84. The van der Waals surface area contributed by atoms with Gasteiger partial charge >= 0.3 is 0 Å². The second kappa shape index (κ2) is 4.15. The molecule has 0 radical (unpaired) electrons. The van der Waals surface area contributed by atoms with Crippen LogP contribution in [0.25, 0.3) is 0 Å². The number of hydrogen-bond acceptors (Lipinski definition) is 5. The fourth-order valence-corrected chi connectivity index (χ4v) is 1.74. The lowest BCUT2D eigenvalue weighted by Crippen LogP contribution is -1.90. The lowest BCUT2D eigenvalue weighted by molar-refractivity contribution is 0.454. The van der Waals surface area contributed by atoms with Crippen LogP contribution < -0.4 is 5.73 Å². The summed E-state index contributed by atoms with van der Waals surface area (Å²) in [6, 6.07) is 3.77. The predicted molar refractivity (Wildman–Crippen MR) is 54.7 cm³/mol. The molecule has 4 nitrogen and oxygen atoms in total. The number of hydrogen-bond donors (Lipinski definition) is 1. The fourth-order valence-electron chi connectivity index (χ4n) is 1.01. The number of nitrogens with zero attached hydrogens (tertiary/aromatic N) is 2. The number of nitrogen functional groups attached to an aromatic ring is 1. The molecule has 0 aromatic carbocycles. The van der Waals surface area contributed by atoms with Crippen molar-refractivity contribution in [3.05, 3.63) is 36.4 Å². The summed E-state index contributed by atoms with van der Waals surface area (Å²) in [6.07, 6.45) is 4.88. The molecular weight excluding hydrogens is 198 g/mol. The Kier molecular flexibility index (Phi) is 2.69. The number of nitrogens with two attached hydrogens (primary N) is 1. The van der Waals surface area contributed by atoms with E-state index in [-0.39, 0.29) is 0 Å². The molecule has 72 valence electrons. The molecule has 0 fully saturated rings. The van der Waals surface area contributed by atoms with E-state index in [4.69, 9.17) is 10.2 Å². The van der Waals surface area contributed by atoms with Crippen LogP contribution in [0.15, 0.2) is 40.4 Å². The third-order valence-corrected chi connectivity index (χ3v) is 2.54. The topological polar surface area (TPSA) is 64.9 Å². The van der Waals surface area contributed by atoms with Gasteiger partial charge in [-0.1, -0.05) is 11.8 Å². The third-order valence-electron chi connectivity index (χ3n) is 1.62. The van der Waals surface area contributed by atoms with Gasteiger partial charge < -0.3 is 10.2 Å². The van der Waals surface area contributed by atoms with E-state index in [0.717, 1.165) is 11.3 Å². The number of anilines is 1. The Labute approximate surface area is 85.6 Å². The summed E-state index contributed by atoms with van der Waals surface area (Å²) in [5, 5.41) is 0.667. The van der Waals surface area contributed by atoms with Crippen LogP contribution in [0.2, 0.25) is 0 Å². The number of pyridine rings is 1. The zero-order chi connectivity index (χ0) is 9.80. The maximum absolute atomic E-state index is 5.55. The average Bonchev–Trinajstić information content (AvgIpc) is 2.67. The first-order valence-electron chi connectivity index (χ1n) is 4.07. The first kappa shape index (κ1) is 9.08. The quantitative estimate of drug-likeness (QED) is 0.779. The van der Waals surface area contributed by atoms with E-state index in [1.165, 1.54) is 11.8 Å². The van der Waals surface area contributed by atoms with Crippen molar-refractivity contribution in [3.8, 4) is 0 Å². The molecule has 0 spiro atoms. The zero-order valence-electron chi connectivity index (χ0n) is 7.38. The molecule has 0 amide bonds. The Morgan fingerprint density at radius 1 is 1.36 bits per heavy atom. The highest BCUT2D eigenvalue weighted by Gasteiger charge is 2.00. The Bertz CT molecular complexity index is 402. The minimum absolute atomic E-state index is 0.538. The Hall–Kier alpha value is -1.49. The maximum atomic E-state index is 5.55. The Balaban J connectivity index is 1.98. The van der Waals surface area contributed by atoms with Gasteiger partial charge in [0.1, 0.15) is 12.1 Å². The van der Waals surface area contributed by atoms with Gasteiger partial charge in [0.15, 0.2) is 0 Å². The summed E-state index contributed by atoms with van der Waals surface area (Å²) < 4.78 is 5.09. The molecule has 2 aromatic rings. The molecule has 2 aromatic heterocycles. The second-order valence-corrected chi connectivity index (χ2v) is 3.60.